The molecule has 0 aromatic carbocycles. The van der Waals surface area contributed by atoms with Gasteiger partial charge >= 0.3 is 0 Å². The minimum Gasteiger partial charge on any atom is -0.303 e. The Kier molecular flexibility index (Phi) is 35.2. The van der Waals surface area contributed by atoms with Crippen molar-refractivity contribution in [3.63, 3.8) is 0 Å². The monoisotopic (exact) mass is 584 g/mol. The molecule has 0 fully saturated rings. The van der Waals surface area contributed by atoms with Gasteiger partial charge in [0.25, 0.3) is 0 Å². The van der Waals surface area contributed by atoms with Gasteiger partial charge in [-0.1, -0.05) is 153 Å². The molecular weight excluding hydrogens is 506 g/mol. The summed E-state index contributed by atoms with van der Waals surface area (Å²) in [5, 5.41) is 0. The molecule has 0 spiro atoms. The van der Waals surface area contributed by atoms with Crippen molar-refractivity contribution in [2.24, 2.45) is 5.92 Å². The van der Waals surface area contributed by atoms with E-state index in [9.17, 15) is 0 Å². The van der Waals surface area contributed by atoms with E-state index in [0.29, 0.717) is 0 Å². The number of allylic oxidation sites excluding steroid dienone is 8. The summed E-state index contributed by atoms with van der Waals surface area (Å²) in [6.45, 7) is 13.2. The number of hydrogen-bond acceptors (Lipinski definition) is 1. The second-order valence-corrected chi connectivity index (χ2v) is 13.2. The third-order valence-corrected chi connectivity index (χ3v) is 8.37. The van der Waals surface area contributed by atoms with Crippen molar-refractivity contribution in [2.45, 2.75) is 188 Å². The van der Waals surface area contributed by atoms with E-state index in [2.05, 4.69) is 81.2 Å². The van der Waals surface area contributed by atoms with Gasteiger partial charge in [-0.3, -0.25) is 0 Å². The van der Waals surface area contributed by atoms with Crippen LogP contribution in [-0.2, 0) is 0 Å². The van der Waals surface area contributed by atoms with Crippen LogP contribution in [0.1, 0.15) is 188 Å². The van der Waals surface area contributed by atoms with Crippen molar-refractivity contribution in [3.8, 4) is 0 Å². The molecule has 0 aliphatic carbocycles. The van der Waals surface area contributed by atoms with E-state index in [-0.39, 0.29) is 0 Å². The molecule has 0 amide bonds. The van der Waals surface area contributed by atoms with Gasteiger partial charge in [0.15, 0.2) is 0 Å². The average Bonchev–Trinajstić information content (AvgIpc) is 2.98. The highest BCUT2D eigenvalue weighted by Crippen LogP contribution is 2.12. The van der Waals surface area contributed by atoms with Gasteiger partial charge in [0.2, 0.25) is 0 Å². The van der Waals surface area contributed by atoms with Gasteiger partial charge in [-0.05, 0) is 109 Å². The molecule has 246 valence electrons. The third-order valence-electron chi connectivity index (χ3n) is 8.37. The largest absolute Gasteiger partial charge is 0.303 e. The zero-order chi connectivity index (χ0) is 30.6. The summed E-state index contributed by atoms with van der Waals surface area (Å²) in [6, 6.07) is 0. The SMILES string of the molecule is CCCCC/C=C\C/C=C\CCCCCCCCN(CCCCCCCC/C=C\C/C=C\CCCCC)CCC(C)C. The van der Waals surface area contributed by atoms with Crippen molar-refractivity contribution in [1.82, 2.24) is 4.90 Å². The minimum atomic E-state index is 0.819. The first kappa shape index (κ1) is 40.9. The van der Waals surface area contributed by atoms with Gasteiger partial charge in [0, 0.05) is 0 Å². The van der Waals surface area contributed by atoms with Crippen LogP contribution in [-0.4, -0.2) is 24.5 Å². The van der Waals surface area contributed by atoms with Gasteiger partial charge in [-0.15, -0.1) is 0 Å². The minimum absolute atomic E-state index is 0.819. The summed E-state index contributed by atoms with van der Waals surface area (Å²) in [5.74, 6) is 0.819. The fraction of sp³-hybridized carbons (Fsp3) is 0.805. The van der Waals surface area contributed by atoms with Gasteiger partial charge in [-0.2, -0.15) is 0 Å². The van der Waals surface area contributed by atoms with Gasteiger partial charge in [0.1, 0.15) is 0 Å². The number of hydrogen-bond donors (Lipinski definition) is 0. The molecule has 0 saturated heterocycles. The molecule has 0 aliphatic heterocycles. The smallest absolute Gasteiger partial charge is 0.00163 e. The van der Waals surface area contributed by atoms with E-state index in [1.165, 1.54) is 167 Å². The van der Waals surface area contributed by atoms with Crippen molar-refractivity contribution < 1.29 is 0 Å². The van der Waals surface area contributed by atoms with Gasteiger partial charge in [0.05, 0.1) is 0 Å². The summed E-state index contributed by atoms with van der Waals surface area (Å²) in [4.78, 5) is 2.78. The Hall–Kier alpha value is -1.08. The molecule has 42 heavy (non-hydrogen) atoms. The molecule has 0 saturated carbocycles. The van der Waals surface area contributed by atoms with Crippen LogP contribution in [0.2, 0.25) is 0 Å². The third kappa shape index (κ3) is 35.1. The Balaban J connectivity index is 3.70. The lowest BCUT2D eigenvalue weighted by molar-refractivity contribution is 0.246. The van der Waals surface area contributed by atoms with Crippen LogP contribution in [0, 0.1) is 5.92 Å². The van der Waals surface area contributed by atoms with Gasteiger partial charge < -0.3 is 4.90 Å². The van der Waals surface area contributed by atoms with E-state index in [0.717, 1.165) is 18.8 Å². The van der Waals surface area contributed by atoms with Crippen LogP contribution >= 0.6 is 0 Å². The molecule has 0 heterocycles. The molecule has 0 radical (unpaired) electrons. The maximum atomic E-state index is 2.78. The molecule has 0 bridgehead atoms. The van der Waals surface area contributed by atoms with Crippen molar-refractivity contribution in [3.05, 3.63) is 48.6 Å². The summed E-state index contributed by atoms with van der Waals surface area (Å²) < 4.78 is 0. The summed E-state index contributed by atoms with van der Waals surface area (Å²) in [6.07, 6.45) is 52.5. The molecule has 1 heteroatoms. The Morgan fingerprint density at radius 2 is 0.714 bits per heavy atom. The summed E-state index contributed by atoms with van der Waals surface area (Å²) in [7, 11) is 0. The van der Waals surface area contributed by atoms with Crippen LogP contribution in [0.25, 0.3) is 0 Å². The van der Waals surface area contributed by atoms with Crippen LogP contribution in [0.3, 0.4) is 0 Å². The first-order valence-corrected chi connectivity index (χ1v) is 19.0. The predicted molar refractivity (Wildman–Crippen MR) is 195 cm³/mol. The lowest BCUT2D eigenvalue weighted by Crippen LogP contribution is -2.28. The Labute approximate surface area is 266 Å². The maximum Gasteiger partial charge on any atom is -0.00163 e. The van der Waals surface area contributed by atoms with Crippen LogP contribution < -0.4 is 0 Å². The van der Waals surface area contributed by atoms with Crippen LogP contribution in [0.4, 0.5) is 0 Å². The molecule has 0 aliphatic rings. The molecule has 0 rings (SSSR count). The molecule has 0 atom stereocenters. The molecule has 0 aromatic heterocycles. The van der Waals surface area contributed by atoms with Crippen LogP contribution in [0.5, 0.6) is 0 Å². The predicted octanol–water partition coefficient (Wildman–Crippen LogP) is 14.0. The first-order chi connectivity index (χ1) is 20.7. The Morgan fingerprint density at radius 3 is 1.07 bits per heavy atom. The van der Waals surface area contributed by atoms with Crippen molar-refractivity contribution in [2.75, 3.05) is 19.6 Å². The first-order valence-electron chi connectivity index (χ1n) is 19.0. The average molecular weight is 584 g/mol. The second-order valence-electron chi connectivity index (χ2n) is 13.2. The summed E-state index contributed by atoms with van der Waals surface area (Å²) >= 11 is 0. The van der Waals surface area contributed by atoms with Crippen LogP contribution in [0.15, 0.2) is 48.6 Å². The van der Waals surface area contributed by atoms with Crippen molar-refractivity contribution in [1.29, 1.82) is 0 Å². The molecule has 0 aromatic rings. The molecule has 0 N–H and O–H groups in total. The second kappa shape index (κ2) is 36.1. The van der Waals surface area contributed by atoms with Crippen molar-refractivity contribution >= 4 is 0 Å². The number of unbranched alkanes of at least 4 members (excludes halogenated alkanes) is 18. The molecule has 1 nitrogen and oxygen atoms in total. The summed E-state index contributed by atoms with van der Waals surface area (Å²) in [5.41, 5.74) is 0. The number of nitrogens with zero attached hydrogens (tertiary/aromatic N) is 1. The highest BCUT2D eigenvalue weighted by Gasteiger charge is 2.06. The fourth-order valence-electron chi connectivity index (χ4n) is 5.42. The Bertz CT molecular complexity index is 562. The highest BCUT2D eigenvalue weighted by atomic mass is 15.1. The van der Waals surface area contributed by atoms with E-state index in [4.69, 9.17) is 0 Å². The lowest BCUT2D eigenvalue weighted by atomic mass is 10.1. The maximum absolute atomic E-state index is 2.78. The van der Waals surface area contributed by atoms with E-state index < -0.39 is 0 Å². The topological polar surface area (TPSA) is 3.24 Å². The quantitative estimate of drug-likeness (QED) is 0.0548. The standard InChI is InChI=1S/C41H77N/c1-5-7-9-11-13-15-17-19-21-23-25-27-29-31-33-35-38-42(40-37-41(3)4)39-36-34-32-30-28-26-24-22-20-18-16-14-12-10-8-6-2/h13-16,19-22,41H,5-12,17-18,23-40H2,1-4H3/b15-13-,16-14-,21-19-,22-20-. The normalized spacial score (nSPS) is 12.6. The van der Waals surface area contributed by atoms with E-state index >= 15 is 0 Å². The molecular formula is C41H77N. The fourth-order valence-corrected chi connectivity index (χ4v) is 5.42. The zero-order valence-corrected chi connectivity index (χ0v) is 29.4. The zero-order valence-electron chi connectivity index (χ0n) is 29.4. The lowest BCUT2D eigenvalue weighted by Gasteiger charge is -2.23. The van der Waals surface area contributed by atoms with E-state index in [1.807, 2.05) is 0 Å². The Morgan fingerprint density at radius 1 is 0.381 bits per heavy atom. The number of rotatable bonds is 33. The van der Waals surface area contributed by atoms with E-state index in [1.54, 1.807) is 0 Å². The van der Waals surface area contributed by atoms with Gasteiger partial charge in [-0.25, -0.2) is 0 Å². The molecule has 0 unspecified atom stereocenters. The highest BCUT2D eigenvalue weighted by molar-refractivity contribution is 4.93.